The molecular formula is C24H26Si. The number of allylic oxidation sites excluding steroid dienone is 1. The van der Waals surface area contributed by atoms with Gasteiger partial charge in [-0.3, -0.25) is 0 Å². The summed E-state index contributed by atoms with van der Waals surface area (Å²) in [6, 6.07) is 34.1. The molecule has 0 N–H and O–H groups in total. The lowest BCUT2D eigenvalue weighted by molar-refractivity contribution is 0.822. The van der Waals surface area contributed by atoms with Crippen LogP contribution in [0, 0.1) is 0 Å². The standard InChI is InChI=1S/C24H26Si/c1-4-20-25(2,3)24(21-14-8-5-9-15-21,22-16-10-6-11-17-22)23-18-12-7-13-19-23/h4-19H,1,20H2,2-3H3. The number of benzene rings is 3. The molecule has 0 atom stereocenters. The Kier molecular flexibility index (Phi) is 5.05. The van der Waals surface area contributed by atoms with Gasteiger partial charge in [-0.1, -0.05) is 110 Å². The van der Waals surface area contributed by atoms with Gasteiger partial charge in [0.15, 0.2) is 0 Å². The highest BCUT2D eigenvalue weighted by Crippen LogP contribution is 2.47. The van der Waals surface area contributed by atoms with Crippen LogP contribution in [0.1, 0.15) is 16.7 Å². The van der Waals surface area contributed by atoms with Crippen LogP contribution in [0.3, 0.4) is 0 Å². The Labute approximate surface area is 152 Å². The second kappa shape index (κ2) is 7.24. The van der Waals surface area contributed by atoms with E-state index in [1.54, 1.807) is 0 Å². The fraction of sp³-hybridized carbons (Fsp3) is 0.167. The molecule has 0 aliphatic carbocycles. The lowest BCUT2D eigenvalue weighted by Gasteiger charge is -2.47. The maximum atomic E-state index is 4.08. The summed E-state index contributed by atoms with van der Waals surface area (Å²) >= 11 is 0. The predicted octanol–water partition coefficient (Wildman–Crippen LogP) is 6.45. The smallest absolute Gasteiger partial charge is 0.0735 e. The van der Waals surface area contributed by atoms with Crippen LogP contribution in [0.15, 0.2) is 104 Å². The molecule has 0 bridgehead atoms. The lowest BCUT2D eigenvalue weighted by Crippen LogP contribution is -2.53. The van der Waals surface area contributed by atoms with Crippen molar-refractivity contribution < 1.29 is 0 Å². The summed E-state index contributed by atoms with van der Waals surface area (Å²) < 4.78 is 0. The molecule has 1 heteroatoms. The van der Waals surface area contributed by atoms with Crippen molar-refractivity contribution in [2.45, 2.75) is 24.2 Å². The summed E-state index contributed by atoms with van der Waals surface area (Å²) in [5.74, 6) is 0. The minimum Gasteiger partial charge on any atom is -0.103 e. The predicted molar refractivity (Wildman–Crippen MR) is 112 cm³/mol. The molecule has 0 heterocycles. The first kappa shape index (κ1) is 17.4. The molecule has 0 spiro atoms. The van der Waals surface area contributed by atoms with Crippen molar-refractivity contribution in [2.24, 2.45) is 0 Å². The minimum absolute atomic E-state index is 0.106. The van der Waals surface area contributed by atoms with Crippen LogP contribution in [0.25, 0.3) is 0 Å². The van der Waals surface area contributed by atoms with E-state index in [1.807, 2.05) is 0 Å². The maximum absolute atomic E-state index is 4.08. The fourth-order valence-electron chi connectivity index (χ4n) is 4.25. The van der Waals surface area contributed by atoms with Gasteiger partial charge in [-0.25, -0.2) is 0 Å². The van der Waals surface area contributed by atoms with Crippen molar-refractivity contribution in [2.75, 3.05) is 0 Å². The molecule has 0 unspecified atom stereocenters. The first-order chi connectivity index (χ1) is 12.1. The van der Waals surface area contributed by atoms with Crippen LogP contribution in [0.4, 0.5) is 0 Å². The first-order valence-electron chi connectivity index (χ1n) is 8.90. The lowest BCUT2D eigenvalue weighted by atomic mass is 9.83. The Morgan fingerprint density at radius 2 is 1.00 bits per heavy atom. The largest absolute Gasteiger partial charge is 0.103 e. The zero-order valence-corrected chi connectivity index (χ0v) is 16.2. The van der Waals surface area contributed by atoms with E-state index in [4.69, 9.17) is 0 Å². The third kappa shape index (κ3) is 3.00. The average Bonchev–Trinajstić information content (AvgIpc) is 2.65. The minimum atomic E-state index is -1.82. The van der Waals surface area contributed by atoms with Crippen molar-refractivity contribution in [3.63, 3.8) is 0 Å². The highest BCUT2D eigenvalue weighted by Gasteiger charge is 2.49. The van der Waals surface area contributed by atoms with Gasteiger partial charge in [0.2, 0.25) is 0 Å². The molecule has 0 fully saturated rings. The van der Waals surface area contributed by atoms with Gasteiger partial charge in [0.05, 0.1) is 8.07 Å². The first-order valence-corrected chi connectivity index (χ1v) is 12.1. The van der Waals surface area contributed by atoms with E-state index in [1.165, 1.54) is 16.7 Å². The highest BCUT2D eigenvalue weighted by atomic mass is 28.3. The Morgan fingerprint density at radius 3 is 1.28 bits per heavy atom. The van der Waals surface area contributed by atoms with E-state index in [2.05, 4.69) is 117 Å². The molecule has 25 heavy (non-hydrogen) atoms. The van der Waals surface area contributed by atoms with Crippen LogP contribution in [0.2, 0.25) is 19.1 Å². The second-order valence-electron chi connectivity index (χ2n) is 7.22. The van der Waals surface area contributed by atoms with Crippen molar-refractivity contribution >= 4 is 8.07 Å². The molecule has 0 aliphatic rings. The summed E-state index contributed by atoms with van der Waals surface area (Å²) in [6.07, 6.45) is 2.11. The van der Waals surface area contributed by atoms with Crippen LogP contribution < -0.4 is 0 Å². The fourth-order valence-corrected chi connectivity index (χ4v) is 8.12. The van der Waals surface area contributed by atoms with Gasteiger partial charge in [0, 0.05) is 5.04 Å². The Hall–Kier alpha value is -2.38. The number of hydrogen-bond donors (Lipinski definition) is 0. The van der Waals surface area contributed by atoms with Crippen LogP contribution in [-0.2, 0) is 5.04 Å². The van der Waals surface area contributed by atoms with E-state index in [-0.39, 0.29) is 5.04 Å². The van der Waals surface area contributed by atoms with E-state index in [0.29, 0.717) is 0 Å². The summed E-state index contributed by atoms with van der Waals surface area (Å²) in [5.41, 5.74) is 4.14. The third-order valence-electron chi connectivity index (χ3n) is 5.29. The molecule has 0 aromatic heterocycles. The molecule has 3 rings (SSSR count). The second-order valence-corrected chi connectivity index (χ2v) is 12.2. The van der Waals surface area contributed by atoms with Gasteiger partial charge in [-0.05, 0) is 22.7 Å². The summed E-state index contributed by atoms with van der Waals surface area (Å²) in [6.45, 7) is 9.05. The molecule has 0 aliphatic heterocycles. The SMILES string of the molecule is C=CC[Si](C)(C)C(c1ccccc1)(c1ccccc1)c1ccccc1. The van der Waals surface area contributed by atoms with Gasteiger partial charge < -0.3 is 0 Å². The topological polar surface area (TPSA) is 0 Å². The van der Waals surface area contributed by atoms with Crippen LogP contribution in [0.5, 0.6) is 0 Å². The molecule has 3 aromatic rings. The van der Waals surface area contributed by atoms with E-state index < -0.39 is 8.07 Å². The van der Waals surface area contributed by atoms with Crippen molar-refractivity contribution in [1.29, 1.82) is 0 Å². The van der Waals surface area contributed by atoms with Crippen LogP contribution >= 0.6 is 0 Å². The third-order valence-corrected chi connectivity index (χ3v) is 9.50. The molecule has 0 amide bonds. The maximum Gasteiger partial charge on any atom is 0.0735 e. The average molecular weight is 343 g/mol. The van der Waals surface area contributed by atoms with E-state index >= 15 is 0 Å². The quantitative estimate of drug-likeness (QED) is 0.274. The molecule has 0 saturated carbocycles. The summed E-state index contributed by atoms with van der Waals surface area (Å²) in [7, 11) is -1.82. The van der Waals surface area contributed by atoms with Crippen molar-refractivity contribution in [1.82, 2.24) is 0 Å². The van der Waals surface area contributed by atoms with Crippen molar-refractivity contribution in [3.8, 4) is 0 Å². The van der Waals surface area contributed by atoms with Crippen molar-refractivity contribution in [3.05, 3.63) is 120 Å². The normalized spacial score (nSPS) is 11.9. The highest BCUT2D eigenvalue weighted by molar-refractivity contribution is 6.82. The molecule has 126 valence electrons. The molecule has 3 aromatic carbocycles. The Morgan fingerprint density at radius 1 is 0.680 bits per heavy atom. The van der Waals surface area contributed by atoms with E-state index in [0.717, 1.165) is 6.04 Å². The monoisotopic (exact) mass is 342 g/mol. The number of rotatable bonds is 6. The van der Waals surface area contributed by atoms with Gasteiger partial charge in [-0.15, -0.1) is 6.58 Å². The number of hydrogen-bond acceptors (Lipinski definition) is 0. The van der Waals surface area contributed by atoms with Gasteiger partial charge in [-0.2, -0.15) is 0 Å². The summed E-state index contributed by atoms with van der Waals surface area (Å²) in [5, 5.41) is -0.106. The molecular weight excluding hydrogens is 316 g/mol. The van der Waals surface area contributed by atoms with Gasteiger partial charge >= 0.3 is 0 Å². The summed E-state index contributed by atoms with van der Waals surface area (Å²) in [4.78, 5) is 0. The molecule has 0 saturated heterocycles. The zero-order chi connectivity index (χ0) is 17.8. The molecule has 0 radical (unpaired) electrons. The van der Waals surface area contributed by atoms with Gasteiger partial charge in [0.25, 0.3) is 0 Å². The Bertz CT molecular complexity index is 708. The Balaban J connectivity index is 2.42. The zero-order valence-electron chi connectivity index (χ0n) is 15.2. The van der Waals surface area contributed by atoms with E-state index in [9.17, 15) is 0 Å². The van der Waals surface area contributed by atoms with Crippen LogP contribution in [-0.4, -0.2) is 8.07 Å². The molecule has 0 nitrogen and oxygen atoms in total. The van der Waals surface area contributed by atoms with Gasteiger partial charge in [0.1, 0.15) is 0 Å².